The summed E-state index contributed by atoms with van der Waals surface area (Å²) < 4.78 is 0. The van der Waals surface area contributed by atoms with Gasteiger partial charge in [-0.05, 0) is 110 Å². The first kappa shape index (κ1) is 20.6. The average molecular weight is 399 g/mol. The van der Waals surface area contributed by atoms with Crippen LogP contribution >= 0.6 is 0 Å². The second-order valence-electron chi connectivity index (χ2n) is 13.5. The van der Waals surface area contributed by atoms with E-state index < -0.39 is 0 Å². The minimum atomic E-state index is -0.112. The number of fused-ring (bicyclic) bond motifs is 6. The van der Waals surface area contributed by atoms with E-state index in [1.165, 1.54) is 70.6 Å². The molecule has 1 heteroatoms. The van der Waals surface area contributed by atoms with Crippen LogP contribution in [0.15, 0.2) is 11.1 Å². The van der Waals surface area contributed by atoms with Crippen LogP contribution < -0.4 is 0 Å². The molecule has 4 fully saturated rings. The maximum atomic E-state index is 10.8. The maximum absolute atomic E-state index is 10.8. The number of aliphatic hydroxyl groups excluding tert-OH is 1. The highest BCUT2D eigenvalue weighted by Crippen LogP contribution is 2.75. The van der Waals surface area contributed by atoms with Crippen LogP contribution in [0.2, 0.25) is 0 Å². The molecule has 0 heterocycles. The smallest absolute Gasteiger partial charge is 0.0594 e. The molecule has 1 nitrogen and oxygen atoms in total. The molecule has 5 aliphatic rings. The Bertz CT molecular complexity index is 733. The van der Waals surface area contributed by atoms with Crippen LogP contribution in [-0.4, -0.2) is 11.2 Å². The molecule has 0 amide bonds. The third kappa shape index (κ3) is 2.43. The summed E-state index contributed by atoms with van der Waals surface area (Å²) in [5, 5.41) is 10.8. The number of allylic oxidation sites excluding steroid dienone is 2. The fourth-order valence-electron chi connectivity index (χ4n) is 10.3. The molecular weight excluding hydrogens is 352 g/mol. The lowest BCUT2D eigenvalue weighted by molar-refractivity contribution is -0.204. The van der Waals surface area contributed by atoms with Gasteiger partial charge >= 0.3 is 0 Å². The zero-order chi connectivity index (χ0) is 20.9. The summed E-state index contributed by atoms with van der Waals surface area (Å²) in [4.78, 5) is 0. The standard InChI is InChI=1S/C28H46O/c1-24(2)21-12-16-28(6)22(26(21,4)15-13-23(24)29)11-10-20-19-9-7-8-14-25(19,3)17-18-27(20,28)5/h21-23,29H,7-18H2,1-6H3/t21-,22+,23+,25-,26+,27-,28-/m1/s1. The van der Waals surface area contributed by atoms with Crippen molar-refractivity contribution in [3.63, 3.8) is 0 Å². The van der Waals surface area contributed by atoms with Crippen molar-refractivity contribution in [3.8, 4) is 0 Å². The molecule has 5 rings (SSSR count). The summed E-state index contributed by atoms with van der Waals surface area (Å²) in [7, 11) is 0. The van der Waals surface area contributed by atoms with Gasteiger partial charge in [0, 0.05) is 0 Å². The first-order valence-electron chi connectivity index (χ1n) is 12.9. The number of hydrogen-bond acceptors (Lipinski definition) is 1. The molecule has 7 atom stereocenters. The van der Waals surface area contributed by atoms with E-state index in [9.17, 15) is 5.11 Å². The van der Waals surface area contributed by atoms with Crippen molar-refractivity contribution < 1.29 is 5.11 Å². The third-order valence-electron chi connectivity index (χ3n) is 12.3. The van der Waals surface area contributed by atoms with Crippen LogP contribution in [0.4, 0.5) is 0 Å². The van der Waals surface area contributed by atoms with E-state index in [0.717, 1.165) is 12.3 Å². The fourth-order valence-corrected chi connectivity index (χ4v) is 10.3. The summed E-state index contributed by atoms with van der Waals surface area (Å²) >= 11 is 0. The highest BCUT2D eigenvalue weighted by Gasteiger charge is 2.67. The SMILES string of the molecule is CC1(C)[C@H]2CC[C@]3(C)[C@@H](CCC4=C5CCCC[C@]5(C)CC[C@]43C)[C@@]2(C)CC[C@@H]1O. The Morgan fingerprint density at radius 2 is 1.45 bits per heavy atom. The average Bonchev–Trinajstić information content (AvgIpc) is 2.66. The van der Waals surface area contributed by atoms with Gasteiger partial charge in [-0.1, -0.05) is 59.1 Å². The van der Waals surface area contributed by atoms with Gasteiger partial charge in [-0.2, -0.15) is 0 Å². The lowest BCUT2D eigenvalue weighted by atomic mass is 9.34. The molecule has 0 aromatic carbocycles. The van der Waals surface area contributed by atoms with Crippen LogP contribution in [0.1, 0.15) is 119 Å². The number of aliphatic hydroxyl groups is 1. The second-order valence-corrected chi connectivity index (χ2v) is 13.5. The lowest BCUT2D eigenvalue weighted by Gasteiger charge is -2.70. The predicted octanol–water partition coefficient (Wildman–Crippen LogP) is 7.68. The van der Waals surface area contributed by atoms with Gasteiger partial charge in [0.1, 0.15) is 0 Å². The Hall–Kier alpha value is -0.300. The Morgan fingerprint density at radius 1 is 0.690 bits per heavy atom. The van der Waals surface area contributed by atoms with Gasteiger partial charge < -0.3 is 5.11 Å². The lowest BCUT2D eigenvalue weighted by Crippen LogP contribution is -2.63. The molecule has 0 aliphatic heterocycles. The van der Waals surface area contributed by atoms with E-state index in [1.807, 2.05) is 11.1 Å². The number of hydrogen-bond donors (Lipinski definition) is 1. The summed E-state index contributed by atoms with van der Waals surface area (Å²) in [6.45, 7) is 15.4. The van der Waals surface area contributed by atoms with Crippen molar-refractivity contribution in [2.24, 2.45) is 38.9 Å². The first-order valence-corrected chi connectivity index (χ1v) is 12.9. The van der Waals surface area contributed by atoms with Gasteiger partial charge in [-0.15, -0.1) is 0 Å². The van der Waals surface area contributed by atoms with Crippen LogP contribution in [0, 0.1) is 38.9 Å². The van der Waals surface area contributed by atoms with Crippen LogP contribution in [0.3, 0.4) is 0 Å². The Morgan fingerprint density at radius 3 is 2.21 bits per heavy atom. The highest BCUT2D eigenvalue weighted by atomic mass is 16.3. The van der Waals surface area contributed by atoms with E-state index >= 15 is 0 Å². The maximum Gasteiger partial charge on any atom is 0.0594 e. The zero-order valence-electron chi connectivity index (χ0n) is 20.2. The van der Waals surface area contributed by atoms with Gasteiger partial charge in [0.15, 0.2) is 0 Å². The molecule has 1 N–H and O–H groups in total. The van der Waals surface area contributed by atoms with Crippen molar-refractivity contribution in [2.75, 3.05) is 0 Å². The molecule has 0 unspecified atom stereocenters. The number of rotatable bonds is 0. The van der Waals surface area contributed by atoms with Crippen molar-refractivity contribution in [1.82, 2.24) is 0 Å². The summed E-state index contributed by atoms with van der Waals surface area (Å²) in [6.07, 6.45) is 16.1. The van der Waals surface area contributed by atoms with Crippen LogP contribution in [0.5, 0.6) is 0 Å². The van der Waals surface area contributed by atoms with Gasteiger partial charge in [0.2, 0.25) is 0 Å². The molecule has 164 valence electrons. The monoisotopic (exact) mass is 398 g/mol. The Labute approximate surface area is 180 Å². The van der Waals surface area contributed by atoms with E-state index in [2.05, 4.69) is 41.5 Å². The predicted molar refractivity (Wildman–Crippen MR) is 122 cm³/mol. The van der Waals surface area contributed by atoms with Crippen molar-refractivity contribution >= 4 is 0 Å². The molecule has 0 saturated heterocycles. The van der Waals surface area contributed by atoms with Gasteiger partial charge in [0.25, 0.3) is 0 Å². The molecule has 0 aromatic rings. The van der Waals surface area contributed by atoms with E-state index in [0.29, 0.717) is 27.6 Å². The van der Waals surface area contributed by atoms with Gasteiger partial charge in [-0.3, -0.25) is 0 Å². The van der Waals surface area contributed by atoms with E-state index in [-0.39, 0.29) is 11.5 Å². The first-order chi connectivity index (χ1) is 13.5. The van der Waals surface area contributed by atoms with E-state index in [4.69, 9.17) is 0 Å². The largest absolute Gasteiger partial charge is 0.393 e. The minimum absolute atomic E-state index is 0.0719. The third-order valence-corrected chi connectivity index (χ3v) is 12.3. The molecule has 0 aromatic heterocycles. The normalized spacial score (nSPS) is 54.1. The molecule has 0 bridgehead atoms. The van der Waals surface area contributed by atoms with Crippen LogP contribution in [0.25, 0.3) is 0 Å². The molecule has 4 saturated carbocycles. The zero-order valence-corrected chi connectivity index (χ0v) is 20.2. The van der Waals surface area contributed by atoms with E-state index in [1.54, 1.807) is 0 Å². The minimum Gasteiger partial charge on any atom is -0.393 e. The van der Waals surface area contributed by atoms with Gasteiger partial charge in [-0.25, -0.2) is 0 Å². The summed E-state index contributed by atoms with van der Waals surface area (Å²) in [5.41, 5.74) is 5.71. The molecule has 5 aliphatic carbocycles. The van der Waals surface area contributed by atoms with Crippen molar-refractivity contribution in [1.29, 1.82) is 0 Å². The van der Waals surface area contributed by atoms with Gasteiger partial charge in [0.05, 0.1) is 6.10 Å². The van der Waals surface area contributed by atoms with Crippen molar-refractivity contribution in [2.45, 2.75) is 125 Å². The highest BCUT2D eigenvalue weighted by molar-refractivity contribution is 5.37. The van der Waals surface area contributed by atoms with Crippen molar-refractivity contribution in [3.05, 3.63) is 11.1 Å². The summed E-state index contributed by atoms with van der Waals surface area (Å²) in [5.74, 6) is 1.50. The molecule has 0 radical (unpaired) electrons. The molecule has 0 spiro atoms. The second kappa shape index (κ2) is 6.14. The topological polar surface area (TPSA) is 20.2 Å². The Balaban J connectivity index is 1.59. The molecular formula is C28H46O. The van der Waals surface area contributed by atoms with Crippen LogP contribution in [-0.2, 0) is 0 Å². The Kier molecular flexibility index (Phi) is 4.36. The quantitative estimate of drug-likeness (QED) is 0.415. The summed E-state index contributed by atoms with van der Waals surface area (Å²) in [6, 6.07) is 0. The fraction of sp³-hybridized carbons (Fsp3) is 0.929. The molecule has 29 heavy (non-hydrogen) atoms.